The predicted molar refractivity (Wildman–Crippen MR) is 134 cm³/mol. The van der Waals surface area contributed by atoms with Crippen LogP contribution in [0.1, 0.15) is 85.0 Å². The number of halogens is 5. The molecule has 10 heteroatoms. The van der Waals surface area contributed by atoms with Crippen LogP contribution in [0.25, 0.3) is 0 Å². The van der Waals surface area contributed by atoms with Crippen molar-refractivity contribution < 1.29 is 41.5 Å². The highest BCUT2D eigenvalue weighted by atomic mass is 79.9. The van der Waals surface area contributed by atoms with Crippen LogP contribution in [-0.4, -0.2) is 40.7 Å². The minimum Gasteiger partial charge on any atom is -0.465 e. The molecule has 0 heterocycles. The van der Waals surface area contributed by atoms with Gasteiger partial charge in [0.25, 0.3) is 0 Å². The fourth-order valence-corrected chi connectivity index (χ4v) is 8.64. The first-order valence-corrected chi connectivity index (χ1v) is 14.5. The summed E-state index contributed by atoms with van der Waals surface area (Å²) in [5.41, 5.74) is -0.871. The SMILES string of the molecule is C[C@H](CCC(=O)OCCC(F)(F)C(F)(F)Br)[C@H]1CC[C@H]2[C@@H]3C(=O)CC4CC(=O)CC[C@]4(C)[C@H]3CC(=O)[C@]12C. The van der Waals surface area contributed by atoms with Gasteiger partial charge in [-0.2, -0.15) is 17.6 Å². The zero-order valence-corrected chi connectivity index (χ0v) is 23.8. The predicted octanol–water partition coefficient (Wildman–Crippen LogP) is 6.55. The molecule has 0 aliphatic heterocycles. The van der Waals surface area contributed by atoms with Gasteiger partial charge in [-0.05, 0) is 76.6 Å². The number of Topliss-reactive ketones (excluding diaryl/α,β-unsaturated/α-hetero) is 3. The number of esters is 1. The lowest BCUT2D eigenvalue weighted by atomic mass is 9.44. The van der Waals surface area contributed by atoms with E-state index >= 15 is 0 Å². The maximum Gasteiger partial charge on any atom is 0.363 e. The van der Waals surface area contributed by atoms with E-state index in [1.807, 2.05) is 13.8 Å². The third kappa shape index (κ3) is 5.00. The zero-order valence-electron chi connectivity index (χ0n) is 22.2. The highest BCUT2D eigenvalue weighted by Gasteiger charge is 2.66. The second-order valence-electron chi connectivity index (χ2n) is 12.6. The first kappa shape index (κ1) is 29.7. The minimum absolute atomic E-state index is 0.0116. The first-order valence-electron chi connectivity index (χ1n) is 13.7. The number of carbonyl (C=O) groups is 4. The average molecular weight is 609 g/mol. The molecule has 0 radical (unpaired) electrons. The molecule has 1 unspecified atom stereocenters. The molecule has 5 nitrogen and oxygen atoms in total. The fourth-order valence-electron chi connectivity index (χ4n) is 8.44. The topological polar surface area (TPSA) is 77.5 Å². The number of ketones is 3. The Labute approximate surface area is 229 Å². The summed E-state index contributed by atoms with van der Waals surface area (Å²) in [5, 5.41) is 0. The normalized spacial score (nSPS) is 38.3. The number of hydrogen-bond acceptors (Lipinski definition) is 5. The zero-order chi connectivity index (χ0) is 28.3. The van der Waals surface area contributed by atoms with Crippen molar-refractivity contribution in [1.29, 1.82) is 0 Å². The van der Waals surface area contributed by atoms with Gasteiger partial charge in [0.1, 0.15) is 17.3 Å². The van der Waals surface area contributed by atoms with Crippen LogP contribution < -0.4 is 0 Å². The Morgan fingerprint density at radius 1 is 1.08 bits per heavy atom. The van der Waals surface area contributed by atoms with E-state index in [1.165, 1.54) is 0 Å². The molecule has 38 heavy (non-hydrogen) atoms. The van der Waals surface area contributed by atoms with E-state index in [9.17, 15) is 36.7 Å². The summed E-state index contributed by atoms with van der Waals surface area (Å²) < 4.78 is 57.2. The first-order chi connectivity index (χ1) is 17.5. The lowest BCUT2D eigenvalue weighted by Crippen LogP contribution is -2.60. The molecule has 4 rings (SSSR count). The molecule has 0 spiro atoms. The lowest BCUT2D eigenvalue weighted by molar-refractivity contribution is -0.166. The van der Waals surface area contributed by atoms with Crippen LogP contribution >= 0.6 is 15.9 Å². The molecule has 0 aromatic carbocycles. The third-order valence-electron chi connectivity index (χ3n) is 10.8. The van der Waals surface area contributed by atoms with Crippen molar-refractivity contribution >= 4 is 39.2 Å². The minimum atomic E-state index is -4.38. The van der Waals surface area contributed by atoms with Crippen molar-refractivity contribution in [2.24, 2.45) is 46.3 Å². The number of hydrogen-bond donors (Lipinski definition) is 0. The molecule has 4 aliphatic carbocycles. The fraction of sp³-hybridized carbons (Fsp3) is 0.857. The summed E-state index contributed by atoms with van der Waals surface area (Å²) in [6.45, 7) is 5.27. The lowest BCUT2D eigenvalue weighted by Gasteiger charge is -2.58. The number of ether oxygens (including phenoxy) is 1. The number of alkyl halides is 5. The largest absolute Gasteiger partial charge is 0.465 e. The van der Waals surface area contributed by atoms with Crippen LogP contribution in [0.2, 0.25) is 0 Å². The standard InChI is InChI=1S/C28H37BrF4O5/c1-15(4-7-23(37)38-11-10-27(30,31)28(29,32)33)18-5-6-19-24-20(14-22(36)26(18,19)3)25(2)9-8-17(34)12-16(25)13-21(24)35/h15-16,18-20,24H,4-14H2,1-3H3/t15-,16?,18-,19+,20+,24+,25+,26-/m1/s1. The van der Waals surface area contributed by atoms with Crippen molar-refractivity contribution in [3.05, 3.63) is 0 Å². The molecular weight excluding hydrogens is 572 g/mol. The smallest absolute Gasteiger partial charge is 0.363 e. The Balaban J connectivity index is 1.39. The van der Waals surface area contributed by atoms with E-state index in [-0.39, 0.29) is 64.7 Å². The van der Waals surface area contributed by atoms with E-state index in [0.29, 0.717) is 32.1 Å². The highest BCUT2D eigenvalue weighted by Crippen LogP contribution is 2.66. The second kappa shape index (κ2) is 10.3. The molecule has 8 atom stereocenters. The molecule has 4 saturated carbocycles. The number of rotatable bonds is 8. The molecule has 0 aromatic rings. The van der Waals surface area contributed by atoms with Gasteiger partial charge in [-0.3, -0.25) is 19.2 Å². The van der Waals surface area contributed by atoms with Gasteiger partial charge in [-0.1, -0.05) is 20.8 Å². The molecule has 0 N–H and O–H groups in total. The van der Waals surface area contributed by atoms with Crippen molar-refractivity contribution in [1.82, 2.24) is 0 Å². The molecule has 0 aromatic heterocycles. The van der Waals surface area contributed by atoms with Gasteiger partial charge in [-0.25, -0.2) is 0 Å². The van der Waals surface area contributed by atoms with Gasteiger partial charge in [0.05, 0.1) is 13.0 Å². The Morgan fingerprint density at radius 2 is 1.76 bits per heavy atom. The summed E-state index contributed by atoms with van der Waals surface area (Å²) in [7, 11) is 0. The van der Waals surface area contributed by atoms with E-state index < -0.39 is 35.2 Å². The van der Waals surface area contributed by atoms with E-state index in [4.69, 9.17) is 4.74 Å². The van der Waals surface area contributed by atoms with Gasteiger partial charge in [-0.15, -0.1) is 0 Å². The van der Waals surface area contributed by atoms with Gasteiger partial charge in [0, 0.05) is 43.4 Å². The second-order valence-corrected chi connectivity index (χ2v) is 13.6. The van der Waals surface area contributed by atoms with Crippen LogP contribution in [0.4, 0.5) is 17.6 Å². The van der Waals surface area contributed by atoms with Crippen molar-refractivity contribution in [3.8, 4) is 0 Å². The number of fused-ring (bicyclic) bond motifs is 5. The monoisotopic (exact) mass is 608 g/mol. The van der Waals surface area contributed by atoms with E-state index in [2.05, 4.69) is 6.92 Å². The van der Waals surface area contributed by atoms with Gasteiger partial charge in [0.15, 0.2) is 0 Å². The molecular formula is C28H37BrF4O5. The van der Waals surface area contributed by atoms with Crippen LogP contribution in [0.5, 0.6) is 0 Å². The summed E-state index contributed by atoms with van der Waals surface area (Å²) in [6.07, 6.45) is 2.90. The van der Waals surface area contributed by atoms with Crippen molar-refractivity contribution in [3.63, 3.8) is 0 Å². The molecule has 0 bridgehead atoms. The molecule has 4 fully saturated rings. The summed E-state index contributed by atoms with van der Waals surface area (Å²) in [5.74, 6) is -4.91. The average Bonchev–Trinajstić information content (AvgIpc) is 3.17. The molecule has 214 valence electrons. The highest BCUT2D eigenvalue weighted by molar-refractivity contribution is 9.10. The molecule has 0 saturated heterocycles. The molecule has 0 amide bonds. The Morgan fingerprint density at radius 3 is 2.42 bits per heavy atom. The van der Waals surface area contributed by atoms with E-state index in [1.54, 1.807) is 15.9 Å². The maximum absolute atomic E-state index is 13.8. The van der Waals surface area contributed by atoms with Gasteiger partial charge in [0.2, 0.25) is 0 Å². The van der Waals surface area contributed by atoms with Crippen LogP contribution in [-0.2, 0) is 23.9 Å². The third-order valence-corrected chi connectivity index (χ3v) is 11.4. The Bertz CT molecular complexity index is 996. The number of carbonyl (C=O) groups excluding carboxylic acids is 4. The molecule has 4 aliphatic rings. The summed E-state index contributed by atoms with van der Waals surface area (Å²) in [4.78, 5) is 47.1. The van der Waals surface area contributed by atoms with Crippen LogP contribution in [0.15, 0.2) is 0 Å². The Hall–Kier alpha value is -1.32. The van der Waals surface area contributed by atoms with Gasteiger partial charge >= 0.3 is 16.7 Å². The summed E-state index contributed by atoms with van der Waals surface area (Å²) >= 11 is 1.65. The Kier molecular flexibility index (Phi) is 8.01. The maximum atomic E-state index is 13.8. The van der Waals surface area contributed by atoms with Crippen LogP contribution in [0, 0.1) is 46.3 Å². The van der Waals surface area contributed by atoms with E-state index in [0.717, 1.165) is 19.3 Å². The van der Waals surface area contributed by atoms with Crippen LogP contribution in [0.3, 0.4) is 0 Å². The van der Waals surface area contributed by atoms with Gasteiger partial charge < -0.3 is 4.74 Å². The van der Waals surface area contributed by atoms with Crippen molar-refractivity contribution in [2.75, 3.05) is 6.61 Å². The quantitative estimate of drug-likeness (QED) is 0.177. The van der Waals surface area contributed by atoms with Crippen molar-refractivity contribution in [2.45, 2.75) is 95.7 Å². The summed E-state index contributed by atoms with van der Waals surface area (Å²) in [6, 6.07) is 0.